The van der Waals surface area contributed by atoms with Gasteiger partial charge in [-0.15, -0.1) is 0 Å². The monoisotopic (exact) mass is 394 g/mol. The molecule has 0 aliphatic carbocycles. The molecule has 10 heteroatoms. The van der Waals surface area contributed by atoms with E-state index in [1.54, 1.807) is 4.90 Å². The Bertz CT molecular complexity index is 782. The molecule has 0 bridgehead atoms. The molecule has 0 aromatic heterocycles. The number of nitrogens with zero attached hydrogens (tertiary/aromatic N) is 2. The van der Waals surface area contributed by atoms with E-state index in [4.69, 9.17) is 17.0 Å². The Morgan fingerprint density at radius 3 is 2.60 bits per heavy atom. The number of sulfone groups is 1. The summed E-state index contributed by atoms with van der Waals surface area (Å²) in [6.45, 7) is 0.737. The largest absolute Gasteiger partial charge is 0.416 e. The maximum atomic E-state index is 13.0. The molecule has 1 aromatic rings. The molecule has 1 aromatic carbocycles. The summed E-state index contributed by atoms with van der Waals surface area (Å²) in [4.78, 5) is 3.28. The third-order valence-electron chi connectivity index (χ3n) is 4.47. The first kappa shape index (κ1) is 18.4. The second kappa shape index (κ2) is 6.40. The summed E-state index contributed by atoms with van der Waals surface area (Å²) in [6, 6.07) is 3.95. The number of anilines is 1. The van der Waals surface area contributed by atoms with Crippen LogP contribution in [0.2, 0.25) is 0 Å². The van der Waals surface area contributed by atoms with Crippen molar-refractivity contribution in [1.82, 2.24) is 4.90 Å². The van der Waals surface area contributed by atoms with Gasteiger partial charge >= 0.3 is 6.18 Å². The van der Waals surface area contributed by atoms with Gasteiger partial charge < -0.3 is 14.5 Å². The molecule has 3 rings (SSSR count). The molecule has 2 aliphatic rings. The highest BCUT2D eigenvalue weighted by atomic mass is 32.2. The van der Waals surface area contributed by atoms with E-state index in [0.717, 1.165) is 12.1 Å². The van der Waals surface area contributed by atoms with E-state index < -0.39 is 27.6 Å². The van der Waals surface area contributed by atoms with E-state index in [0.29, 0.717) is 18.3 Å². The van der Waals surface area contributed by atoms with Gasteiger partial charge in [0, 0.05) is 19.3 Å². The number of halogens is 3. The van der Waals surface area contributed by atoms with Gasteiger partial charge in [0.05, 0.1) is 35.8 Å². The van der Waals surface area contributed by atoms with Gasteiger partial charge in [-0.05, 0) is 30.4 Å². The van der Waals surface area contributed by atoms with Crippen molar-refractivity contribution < 1.29 is 26.3 Å². The Hall–Kier alpha value is -1.39. The van der Waals surface area contributed by atoms with Crippen LogP contribution in [-0.2, 0) is 20.8 Å². The van der Waals surface area contributed by atoms with Crippen LogP contribution in [-0.4, -0.2) is 62.3 Å². The van der Waals surface area contributed by atoms with E-state index in [2.05, 4.69) is 0 Å². The fourth-order valence-corrected chi connectivity index (χ4v) is 5.78. The third kappa shape index (κ3) is 3.47. The average molecular weight is 394 g/mol. The summed E-state index contributed by atoms with van der Waals surface area (Å²) in [5.74, 6) is -0.186. The molecule has 2 heterocycles. The highest BCUT2D eigenvalue weighted by Gasteiger charge is 2.52. The smallest absolute Gasteiger partial charge is 0.383 e. The van der Waals surface area contributed by atoms with E-state index in [-0.39, 0.29) is 23.2 Å². The Labute approximate surface area is 149 Å². The van der Waals surface area contributed by atoms with Gasteiger partial charge in [-0.3, -0.25) is 0 Å². The summed E-state index contributed by atoms with van der Waals surface area (Å²) in [7, 11) is -1.75. The number of methoxy groups -OCH3 is 1. The molecule has 0 amide bonds. The molecule has 0 N–H and O–H groups in total. The summed E-state index contributed by atoms with van der Waals surface area (Å²) < 4.78 is 68.2. The van der Waals surface area contributed by atoms with Crippen molar-refractivity contribution >= 4 is 32.9 Å². The molecular formula is C15H17F3N2O3S2. The molecule has 2 atom stereocenters. The standard InChI is InChI=1S/C15H17F3N2O3S2/c1-23-6-5-19-12-8-25(21,22)9-13(12)20(14(19)24)11-4-2-3-10(7-11)15(16,17)18/h2-4,7,12-13H,5-6,8-9H2,1H3. The lowest BCUT2D eigenvalue weighted by Gasteiger charge is -2.26. The van der Waals surface area contributed by atoms with Crippen LogP contribution in [0, 0.1) is 0 Å². The summed E-state index contributed by atoms with van der Waals surface area (Å²) >= 11 is 5.44. The summed E-state index contributed by atoms with van der Waals surface area (Å²) in [5.41, 5.74) is -0.535. The van der Waals surface area contributed by atoms with Crippen molar-refractivity contribution in [2.24, 2.45) is 0 Å². The van der Waals surface area contributed by atoms with Crippen molar-refractivity contribution in [2.45, 2.75) is 18.3 Å². The summed E-state index contributed by atoms with van der Waals surface area (Å²) in [6.07, 6.45) is -4.48. The third-order valence-corrected chi connectivity index (χ3v) is 6.60. The quantitative estimate of drug-likeness (QED) is 0.728. The molecule has 0 radical (unpaired) electrons. The molecular weight excluding hydrogens is 377 g/mol. The van der Waals surface area contributed by atoms with Crippen LogP contribution in [0.15, 0.2) is 24.3 Å². The van der Waals surface area contributed by atoms with Crippen LogP contribution in [0.5, 0.6) is 0 Å². The van der Waals surface area contributed by atoms with Gasteiger partial charge in [-0.25, -0.2) is 8.42 Å². The van der Waals surface area contributed by atoms with Crippen molar-refractivity contribution in [3.8, 4) is 0 Å². The Morgan fingerprint density at radius 2 is 1.96 bits per heavy atom. The fourth-order valence-electron chi connectivity index (χ4n) is 3.36. The van der Waals surface area contributed by atoms with Crippen LogP contribution >= 0.6 is 12.2 Å². The van der Waals surface area contributed by atoms with Crippen LogP contribution < -0.4 is 4.90 Å². The number of benzene rings is 1. The molecule has 0 saturated carbocycles. The average Bonchev–Trinajstić information content (AvgIpc) is 2.94. The van der Waals surface area contributed by atoms with E-state index in [9.17, 15) is 21.6 Å². The first-order valence-electron chi connectivity index (χ1n) is 7.60. The molecule has 2 unspecified atom stereocenters. The number of thiocarbonyl (C=S) groups is 1. The van der Waals surface area contributed by atoms with E-state index in [1.165, 1.54) is 24.1 Å². The second-order valence-corrected chi connectivity index (χ2v) is 8.62. The molecule has 0 spiro atoms. The number of hydrogen-bond acceptors (Lipinski definition) is 4. The molecule has 25 heavy (non-hydrogen) atoms. The van der Waals surface area contributed by atoms with Crippen LogP contribution in [0.25, 0.3) is 0 Å². The molecule has 2 saturated heterocycles. The SMILES string of the molecule is COCCN1C(=S)N(c2cccc(C(F)(F)F)c2)C2CS(=O)(=O)CC21. The molecule has 2 aliphatic heterocycles. The lowest BCUT2D eigenvalue weighted by Crippen LogP contribution is -2.39. The highest BCUT2D eigenvalue weighted by Crippen LogP contribution is 2.37. The van der Waals surface area contributed by atoms with Gasteiger partial charge in [0.25, 0.3) is 0 Å². The fraction of sp³-hybridized carbons (Fsp3) is 0.533. The van der Waals surface area contributed by atoms with Crippen LogP contribution in [0.1, 0.15) is 5.56 Å². The molecule has 5 nitrogen and oxygen atoms in total. The normalized spacial score (nSPS) is 25.5. The number of ether oxygens (including phenoxy) is 1. The van der Waals surface area contributed by atoms with Gasteiger partial charge in [0.15, 0.2) is 14.9 Å². The van der Waals surface area contributed by atoms with Crippen LogP contribution in [0.4, 0.5) is 18.9 Å². The van der Waals surface area contributed by atoms with Crippen LogP contribution in [0.3, 0.4) is 0 Å². The number of alkyl halides is 3. The minimum atomic E-state index is -4.48. The van der Waals surface area contributed by atoms with E-state index in [1.807, 2.05) is 0 Å². The number of hydrogen-bond donors (Lipinski definition) is 0. The zero-order valence-electron chi connectivity index (χ0n) is 13.4. The number of fused-ring (bicyclic) bond motifs is 1. The number of rotatable bonds is 4. The van der Waals surface area contributed by atoms with Crippen molar-refractivity contribution in [3.63, 3.8) is 0 Å². The maximum absolute atomic E-state index is 13.0. The second-order valence-electron chi connectivity index (χ2n) is 6.10. The van der Waals surface area contributed by atoms with Crippen molar-refractivity contribution in [1.29, 1.82) is 0 Å². The maximum Gasteiger partial charge on any atom is 0.416 e. The van der Waals surface area contributed by atoms with Gasteiger partial charge in [0.2, 0.25) is 0 Å². The Morgan fingerprint density at radius 1 is 1.28 bits per heavy atom. The minimum Gasteiger partial charge on any atom is -0.383 e. The Balaban J connectivity index is 1.99. The zero-order chi connectivity index (χ0) is 18.4. The minimum absolute atomic E-state index is 0.0585. The summed E-state index contributed by atoms with van der Waals surface area (Å²) in [5, 5.41) is 0.335. The first-order valence-corrected chi connectivity index (χ1v) is 9.83. The van der Waals surface area contributed by atoms with Crippen molar-refractivity contribution in [2.75, 3.05) is 36.7 Å². The van der Waals surface area contributed by atoms with Gasteiger partial charge in [-0.2, -0.15) is 13.2 Å². The lowest BCUT2D eigenvalue weighted by atomic mass is 10.1. The van der Waals surface area contributed by atoms with Crippen molar-refractivity contribution in [3.05, 3.63) is 29.8 Å². The molecule has 138 valence electrons. The van der Waals surface area contributed by atoms with Gasteiger partial charge in [0.1, 0.15) is 0 Å². The highest BCUT2D eigenvalue weighted by molar-refractivity contribution is 7.91. The molecule has 2 fully saturated rings. The topological polar surface area (TPSA) is 49.9 Å². The predicted octanol–water partition coefficient (Wildman–Crippen LogP) is 1.92. The Kier molecular flexibility index (Phi) is 4.71. The first-order chi connectivity index (χ1) is 11.6. The van der Waals surface area contributed by atoms with E-state index >= 15 is 0 Å². The zero-order valence-corrected chi connectivity index (χ0v) is 15.0. The lowest BCUT2D eigenvalue weighted by molar-refractivity contribution is -0.137. The predicted molar refractivity (Wildman–Crippen MR) is 91.3 cm³/mol. The van der Waals surface area contributed by atoms with Gasteiger partial charge in [-0.1, -0.05) is 6.07 Å².